The van der Waals surface area contributed by atoms with Crippen LogP contribution in [-0.2, 0) is 14.3 Å². The van der Waals surface area contributed by atoms with E-state index in [-0.39, 0.29) is 29.7 Å². The zero-order valence-corrected chi connectivity index (χ0v) is 18.3. The summed E-state index contributed by atoms with van der Waals surface area (Å²) in [6.07, 6.45) is 1.53. The van der Waals surface area contributed by atoms with Crippen molar-refractivity contribution in [1.29, 1.82) is 0 Å². The first-order valence-electron chi connectivity index (χ1n) is 10.4. The largest absolute Gasteiger partial charge is 0.493 e. The van der Waals surface area contributed by atoms with Crippen LogP contribution in [0, 0.1) is 5.82 Å². The molecule has 0 N–H and O–H groups in total. The summed E-state index contributed by atoms with van der Waals surface area (Å²) in [5.74, 6) is -0.786. The summed E-state index contributed by atoms with van der Waals surface area (Å²) in [5, 5.41) is 0. The maximum atomic E-state index is 13.7. The third-order valence-electron chi connectivity index (χ3n) is 5.44. The van der Waals surface area contributed by atoms with Crippen LogP contribution in [0.15, 0.2) is 42.1 Å². The number of hydrogen-bond acceptors (Lipinski definition) is 6. The smallest absolute Gasteiger partial charge is 0.260 e. The number of rotatable bonds is 5. The summed E-state index contributed by atoms with van der Waals surface area (Å²) in [4.78, 5) is 40.4. The van der Waals surface area contributed by atoms with E-state index < -0.39 is 11.6 Å². The first-order valence-corrected chi connectivity index (χ1v) is 10.4. The van der Waals surface area contributed by atoms with Crippen molar-refractivity contribution in [2.24, 2.45) is 0 Å². The number of amides is 2. The van der Waals surface area contributed by atoms with E-state index in [1.165, 1.54) is 37.1 Å². The number of ether oxygens (including phenoxy) is 3. The van der Waals surface area contributed by atoms with Gasteiger partial charge in [0.2, 0.25) is 11.7 Å². The van der Waals surface area contributed by atoms with E-state index in [9.17, 15) is 18.8 Å². The third kappa shape index (κ3) is 4.58. The maximum Gasteiger partial charge on any atom is 0.260 e. The van der Waals surface area contributed by atoms with Crippen LogP contribution in [0.5, 0.6) is 11.5 Å². The SMILES string of the molecule is COc1cc(C=C2C(=O)c3cc(F)ccc3N2C(C)=O)ccc1OCC(=O)N1CCOCC1. The van der Waals surface area contributed by atoms with Gasteiger partial charge < -0.3 is 19.1 Å². The molecule has 33 heavy (non-hydrogen) atoms. The van der Waals surface area contributed by atoms with E-state index in [1.54, 1.807) is 23.1 Å². The zero-order chi connectivity index (χ0) is 23.5. The van der Waals surface area contributed by atoms with E-state index in [4.69, 9.17) is 14.2 Å². The number of methoxy groups -OCH3 is 1. The molecule has 0 atom stereocenters. The van der Waals surface area contributed by atoms with Crippen LogP contribution >= 0.6 is 0 Å². The van der Waals surface area contributed by atoms with E-state index in [2.05, 4.69) is 0 Å². The van der Waals surface area contributed by atoms with Gasteiger partial charge in [-0.1, -0.05) is 6.07 Å². The summed E-state index contributed by atoms with van der Waals surface area (Å²) >= 11 is 0. The van der Waals surface area contributed by atoms with Gasteiger partial charge in [0, 0.05) is 20.0 Å². The van der Waals surface area contributed by atoms with Gasteiger partial charge in [0.15, 0.2) is 18.1 Å². The number of carbonyl (C=O) groups excluding carboxylic acids is 3. The first kappa shape index (κ1) is 22.5. The Bertz CT molecular complexity index is 1140. The summed E-state index contributed by atoms with van der Waals surface area (Å²) < 4.78 is 30.0. The van der Waals surface area contributed by atoms with E-state index in [0.717, 1.165) is 6.07 Å². The Morgan fingerprint density at radius 2 is 1.88 bits per heavy atom. The van der Waals surface area contributed by atoms with Gasteiger partial charge in [-0.25, -0.2) is 4.39 Å². The van der Waals surface area contributed by atoms with Crippen molar-refractivity contribution < 1.29 is 33.0 Å². The van der Waals surface area contributed by atoms with Gasteiger partial charge in [0.25, 0.3) is 5.91 Å². The molecule has 4 rings (SSSR count). The Morgan fingerprint density at radius 1 is 1.12 bits per heavy atom. The minimum atomic E-state index is -0.554. The van der Waals surface area contributed by atoms with Crippen LogP contribution in [0.25, 0.3) is 6.08 Å². The molecule has 1 saturated heterocycles. The standard InChI is InChI=1S/C24H23FN2O6/c1-15(28)27-19-5-4-17(25)13-18(19)24(30)20(27)11-16-3-6-21(22(12-16)31-2)33-14-23(29)26-7-9-32-10-8-26/h3-6,11-13H,7-10,14H2,1-2H3. The molecule has 1 fully saturated rings. The molecule has 8 nitrogen and oxygen atoms in total. The highest BCUT2D eigenvalue weighted by molar-refractivity contribution is 6.26. The maximum absolute atomic E-state index is 13.7. The summed E-state index contributed by atoms with van der Waals surface area (Å²) in [6, 6.07) is 8.68. The number of nitrogens with zero attached hydrogens (tertiary/aromatic N) is 2. The van der Waals surface area contributed by atoms with Crippen LogP contribution < -0.4 is 14.4 Å². The van der Waals surface area contributed by atoms with E-state index >= 15 is 0 Å². The predicted molar refractivity (Wildman–Crippen MR) is 118 cm³/mol. The molecular weight excluding hydrogens is 431 g/mol. The molecule has 2 aliphatic heterocycles. The average molecular weight is 454 g/mol. The number of allylic oxidation sites excluding steroid dienone is 1. The minimum absolute atomic E-state index is 0.112. The summed E-state index contributed by atoms with van der Waals surface area (Å²) in [6.45, 7) is 3.25. The van der Waals surface area contributed by atoms with Gasteiger partial charge in [0.1, 0.15) is 5.82 Å². The van der Waals surface area contributed by atoms with Gasteiger partial charge >= 0.3 is 0 Å². The second-order valence-electron chi connectivity index (χ2n) is 7.57. The molecule has 0 aliphatic carbocycles. The number of halogens is 1. The molecule has 2 aromatic rings. The number of Topliss-reactive ketones (excluding diaryl/α,β-unsaturated/α-hetero) is 1. The van der Waals surface area contributed by atoms with Crippen molar-refractivity contribution in [3.8, 4) is 11.5 Å². The summed E-state index contributed by atoms with van der Waals surface area (Å²) in [5.41, 5.74) is 1.15. The second kappa shape index (κ2) is 9.41. The van der Waals surface area contributed by atoms with Crippen LogP contribution in [0.2, 0.25) is 0 Å². The lowest BCUT2D eigenvalue weighted by molar-refractivity contribution is -0.137. The minimum Gasteiger partial charge on any atom is -0.493 e. The highest BCUT2D eigenvalue weighted by Gasteiger charge is 2.35. The quantitative estimate of drug-likeness (QED) is 0.646. The zero-order valence-electron chi connectivity index (χ0n) is 18.3. The number of carbonyl (C=O) groups is 3. The molecule has 2 aromatic carbocycles. The monoisotopic (exact) mass is 454 g/mol. The highest BCUT2D eigenvalue weighted by atomic mass is 19.1. The molecule has 0 aromatic heterocycles. The van der Waals surface area contributed by atoms with Crippen molar-refractivity contribution >= 4 is 29.4 Å². The molecule has 0 saturated carbocycles. The fourth-order valence-corrected chi connectivity index (χ4v) is 3.82. The predicted octanol–water partition coefficient (Wildman–Crippen LogP) is 2.66. The van der Waals surface area contributed by atoms with Gasteiger partial charge in [-0.3, -0.25) is 19.3 Å². The fraction of sp³-hybridized carbons (Fsp3) is 0.292. The van der Waals surface area contributed by atoms with Gasteiger partial charge in [-0.05, 0) is 42.0 Å². The topological polar surface area (TPSA) is 85.4 Å². The van der Waals surface area contributed by atoms with E-state index in [1.807, 2.05) is 0 Å². The van der Waals surface area contributed by atoms with Gasteiger partial charge in [-0.2, -0.15) is 0 Å². The van der Waals surface area contributed by atoms with Crippen LogP contribution in [-0.4, -0.2) is 62.5 Å². The lowest BCUT2D eigenvalue weighted by Crippen LogP contribution is -2.43. The molecule has 0 bridgehead atoms. The highest BCUT2D eigenvalue weighted by Crippen LogP contribution is 2.37. The Hall–Kier alpha value is -3.72. The molecular formula is C24H23FN2O6. The number of fused-ring (bicyclic) bond motifs is 1. The van der Waals surface area contributed by atoms with Crippen molar-refractivity contribution in [1.82, 2.24) is 4.90 Å². The summed E-state index contributed by atoms with van der Waals surface area (Å²) in [7, 11) is 1.46. The normalized spacial score (nSPS) is 16.7. The Balaban J connectivity index is 1.56. The van der Waals surface area contributed by atoms with Crippen molar-refractivity contribution in [2.45, 2.75) is 6.92 Å². The molecule has 0 spiro atoms. The lowest BCUT2D eigenvalue weighted by Gasteiger charge is -2.26. The van der Waals surface area contributed by atoms with Crippen molar-refractivity contribution in [3.05, 3.63) is 59.0 Å². The third-order valence-corrected chi connectivity index (χ3v) is 5.44. The molecule has 2 heterocycles. The number of morpholine rings is 1. The molecule has 9 heteroatoms. The number of benzene rings is 2. The van der Waals surface area contributed by atoms with Crippen LogP contribution in [0.1, 0.15) is 22.8 Å². The Morgan fingerprint density at radius 3 is 2.58 bits per heavy atom. The molecule has 2 amide bonds. The van der Waals surface area contributed by atoms with Crippen LogP contribution in [0.4, 0.5) is 10.1 Å². The number of ketones is 1. The molecule has 0 radical (unpaired) electrons. The van der Waals surface area contributed by atoms with E-state index in [0.29, 0.717) is 49.1 Å². The Kier molecular flexibility index (Phi) is 6.41. The van der Waals surface area contributed by atoms with Crippen LogP contribution in [0.3, 0.4) is 0 Å². The first-order chi connectivity index (χ1) is 15.9. The number of hydrogen-bond donors (Lipinski definition) is 0. The number of anilines is 1. The molecule has 172 valence electrons. The van der Waals surface area contributed by atoms with Gasteiger partial charge in [0.05, 0.1) is 37.3 Å². The van der Waals surface area contributed by atoms with Crippen molar-refractivity contribution in [2.75, 3.05) is 44.9 Å². The molecule has 2 aliphatic rings. The molecule has 0 unspecified atom stereocenters. The Labute approximate surface area is 190 Å². The fourth-order valence-electron chi connectivity index (χ4n) is 3.82. The van der Waals surface area contributed by atoms with Crippen molar-refractivity contribution in [3.63, 3.8) is 0 Å². The average Bonchev–Trinajstić information content (AvgIpc) is 3.09. The second-order valence-corrected chi connectivity index (χ2v) is 7.57. The van der Waals surface area contributed by atoms with Gasteiger partial charge in [-0.15, -0.1) is 0 Å². The lowest BCUT2D eigenvalue weighted by atomic mass is 10.1.